The number of aliphatic imine (C=N–C) groups is 1. The molecule has 1 amide bonds. The molecular weight excluding hydrogens is 416 g/mol. The number of rotatable bonds is 3. The first kappa shape index (κ1) is 20.2. The summed E-state index contributed by atoms with van der Waals surface area (Å²) >= 11 is 6.22. The minimum absolute atomic E-state index is 0.0248. The first-order valence-corrected chi connectivity index (χ1v) is 10.9. The molecule has 0 radical (unpaired) electrons. The minimum atomic E-state index is -0.127. The van der Waals surface area contributed by atoms with Crippen molar-refractivity contribution in [3.63, 3.8) is 0 Å². The molecule has 4 heterocycles. The van der Waals surface area contributed by atoms with Crippen LogP contribution in [0.3, 0.4) is 0 Å². The molecule has 2 fully saturated rings. The third-order valence-electron chi connectivity index (χ3n) is 6.25. The Morgan fingerprint density at radius 1 is 1.10 bits per heavy atom. The molecule has 5 rings (SSSR count). The maximum Gasteiger partial charge on any atom is 0.254 e. The average molecular weight is 441 g/mol. The van der Waals surface area contributed by atoms with E-state index in [1.54, 1.807) is 0 Å². The lowest BCUT2D eigenvalue weighted by atomic mass is 10.0. The lowest BCUT2D eigenvalue weighted by Crippen LogP contribution is -2.34. The highest BCUT2D eigenvalue weighted by Crippen LogP contribution is 2.34. The van der Waals surface area contributed by atoms with Crippen LogP contribution in [-0.4, -0.2) is 59.0 Å². The van der Waals surface area contributed by atoms with Crippen molar-refractivity contribution >= 4 is 29.4 Å². The van der Waals surface area contributed by atoms with Gasteiger partial charge >= 0.3 is 0 Å². The number of fused-ring (bicyclic) bond motifs is 1. The van der Waals surface area contributed by atoms with Gasteiger partial charge in [-0.2, -0.15) is 0 Å². The number of benzene rings is 1. The zero-order valence-corrected chi connectivity index (χ0v) is 18.6. The SMILES string of the molecule is Cc1nc(N2CC3CN(C(=O)c4ccccc4C4=NC(C)NO4)CC3C2)nc(C)c1Cl. The van der Waals surface area contributed by atoms with E-state index in [1.165, 1.54) is 0 Å². The van der Waals surface area contributed by atoms with Gasteiger partial charge in [-0.1, -0.05) is 23.7 Å². The molecule has 0 spiro atoms. The molecule has 2 saturated heterocycles. The fourth-order valence-electron chi connectivity index (χ4n) is 4.67. The van der Waals surface area contributed by atoms with E-state index >= 15 is 0 Å². The maximum atomic E-state index is 13.4. The predicted octanol–water partition coefficient (Wildman–Crippen LogP) is 2.58. The lowest BCUT2D eigenvalue weighted by Gasteiger charge is -2.23. The van der Waals surface area contributed by atoms with Crippen LogP contribution >= 0.6 is 11.6 Å². The predicted molar refractivity (Wildman–Crippen MR) is 118 cm³/mol. The van der Waals surface area contributed by atoms with E-state index in [0.29, 0.717) is 28.3 Å². The van der Waals surface area contributed by atoms with E-state index in [0.717, 1.165) is 49.1 Å². The molecule has 3 atom stereocenters. The summed E-state index contributed by atoms with van der Waals surface area (Å²) in [5, 5.41) is 0.624. The molecule has 1 aromatic carbocycles. The van der Waals surface area contributed by atoms with Gasteiger partial charge in [0.2, 0.25) is 11.8 Å². The molecule has 0 bridgehead atoms. The molecular formula is C22H25ClN6O2. The Morgan fingerprint density at radius 3 is 2.35 bits per heavy atom. The molecule has 0 saturated carbocycles. The van der Waals surface area contributed by atoms with Crippen molar-refractivity contribution in [2.45, 2.75) is 26.9 Å². The van der Waals surface area contributed by atoms with Gasteiger partial charge in [0, 0.05) is 38.0 Å². The average Bonchev–Trinajstić information content (AvgIpc) is 3.46. The van der Waals surface area contributed by atoms with Crippen LogP contribution in [0.15, 0.2) is 29.3 Å². The highest BCUT2D eigenvalue weighted by molar-refractivity contribution is 6.31. The Kier molecular flexibility index (Phi) is 5.06. The summed E-state index contributed by atoms with van der Waals surface area (Å²) in [6, 6.07) is 7.50. The standard InChI is InChI=1S/C22H25ClN6O2/c1-12-19(23)13(2)25-22(24-12)29-10-15-8-28(9-16(15)11-29)21(30)18-7-5-4-6-17(18)20-26-14(3)27-31-20/h4-7,14-16,27H,8-11H2,1-3H3. The fourth-order valence-corrected chi connectivity index (χ4v) is 4.75. The summed E-state index contributed by atoms with van der Waals surface area (Å²) in [7, 11) is 0. The number of aryl methyl sites for hydroxylation is 2. The number of nitrogens with one attached hydrogen (secondary N) is 1. The number of hydrogen-bond acceptors (Lipinski definition) is 7. The van der Waals surface area contributed by atoms with Crippen LogP contribution in [0.4, 0.5) is 5.95 Å². The molecule has 162 valence electrons. The monoisotopic (exact) mass is 440 g/mol. The van der Waals surface area contributed by atoms with E-state index in [4.69, 9.17) is 16.4 Å². The molecule has 1 N–H and O–H groups in total. The molecule has 3 aliphatic heterocycles. The van der Waals surface area contributed by atoms with Crippen LogP contribution in [0.1, 0.15) is 34.2 Å². The largest absolute Gasteiger partial charge is 0.386 e. The third-order valence-corrected chi connectivity index (χ3v) is 6.80. The normalized spacial score (nSPS) is 24.9. The number of anilines is 1. The van der Waals surface area contributed by atoms with Gasteiger partial charge in [-0.3, -0.25) is 4.79 Å². The Balaban J connectivity index is 1.30. The number of nitrogens with zero attached hydrogens (tertiary/aromatic N) is 5. The summed E-state index contributed by atoms with van der Waals surface area (Å²) in [5.74, 6) is 2.02. The summed E-state index contributed by atoms with van der Waals surface area (Å²) in [4.78, 5) is 36.6. The van der Waals surface area contributed by atoms with E-state index in [1.807, 2.05) is 49.9 Å². The first-order chi connectivity index (χ1) is 14.9. The van der Waals surface area contributed by atoms with Crippen molar-refractivity contribution in [1.29, 1.82) is 0 Å². The highest BCUT2D eigenvalue weighted by atomic mass is 35.5. The van der Waals surface area contributed by atoms with E-state index < -0.39 is 0 Å². The second kappa shape index (κ2) is 7.76. The van der Waals surface area contributed by atoms with Gasteiger partial charge < -0.3 is 14.6 Å². The smallest absolute Gasteiger partial charge is 0.254 e. The number of carbonyl (C=O) groups is 1. The molecule has 31 heavy (non-hydrogen) atoms. The minimum Gasteiger partial charge on any atom is -0.386 e. The van der Waals surface area contributed by atoms with Crippen molar-refractivity contribution in [2.24, 2.45) is 16.8 Å². The van der Waals surface area contributed by atoms with Crippen molar-refractivity contribution in [1.82, 2.24) is 20.3 Å². The Morgan fingerprint density at radius 2 is 1.74 bits per heavy atom. The number of amides is 1. The van der Waals surface area contributed by atoms with Gasteiger partial charge in [-0.25, -0.2) is 15.0 Å². The number of likely N-dealkylation sites (tertiary alicyclic amines) is 1. The number of halogens is 1. The second-order valence-electron chi connectivity index (χ2n) is 8.52. The zero-order valence-electron chi connectivity index (χ0n) is 17.8. The van der Waals surface area contributed by atoms with Crippen LogP contribution in [0, 0.1) is 25.7 Å². The molecule has 2 aromatic rings. The van der Waals surface area contributed by atoms with Crippen LogP contribution in [0.5, 0.6) is 0 Å². The number of hydrogen-bond donors (Lipinski definition) is 1. The molecule has 3 unspecified atom stereocenters. The Labute approximate surface area is 186 Å². The van der Waals surface area contributed by atoms with Crippen molar-refractivity contribution in [3.8, 4) is 0 Å². The van der Waals surface area contributed by atoms with Gasteiger partial charge in [0.25, 0.3) is 5.91 Å². The van der Waals surface area contributed by atoms with Crippen LogP contribution in [0.25, 0.3) is 0 Å². The summed E-state index contributed by atoms with van der Waals surface area (Å²) < 4.78 is 0. The maximum absolute atomic E-state index is 13.4. The summed E-state index contributed by atoms with van der Waals surface area (Å²) in [5.41, 5.74) is 5.77. The first-order valence-electron chi connectivity index (χ1n) is 10.5. The Hall–Kier alpha value is -2.71. The van der Waals surface area contributed by atoms with Crippen LogP contribution < -0.4 is 10.4 Å². The van der Waals surface area contributed by atoms with E-state index in [2.05, 4.69) is 25.3 Å². The second-order valence-corrected chi connectivity index (χ2v) is 8.90. The third kappa shape index (κ3) is 3.64. The Bertz CT molecular complexity index is 1040. The van der Waals surface area contributed by atoms with E-state index in [9.17, 15) is 4.79 Å². The molecule has 9 heteroatoms. The quantitative estimate of drug-likeness (QED) is 0.789. The molecule has 0 aliphatic carbocycles. The van der Waals surface area contributed by atoms with Crippen molar-refractivity contribution in [2.75, 3.05) is 31.1 Å². The molecule has 1 aromatic heterocycles. The summed E-state index contributed by atoms with van der Waals surface area (Å²) in [6.45, 7) is 8.84. The topological polar surface area (TPSA) is 83.0 Å². The van der Waals surface area contributed by atoms with Gasteiger partial charge in [0.1, 0.15) is 6.17 Å². The summed E-state index contributed by atoms with van der Waals surface area (Å²) in [6.07, 6.45) is -0.127. The molecule has 3 aliphatic rings. The molecule has 8 nitrogen and oxygen atoms in total. The van der Waals surface area contributed by atoms with Gasteiger partial charge in [0.05, 0.1) is 27.5 Å². The van der Waals surface area contributed by atoms with Gasteiger partial charge in [-0.05, 0) is 32.9 Å². The van der Waals surface area contributed by atoms with Crippen molar-refractivity contribution < 1.29 is 9.63 Å². The zero-order chi connectivity index (χ0) is 21.7. The van der Waals surface area contributed by atoms with E-state index in [-0.39, 0.29) is 12.1 Å². The highest BCUT2D eigenvalue weighted by Gasteiger charge is 2.43. The van der Waals surface area contributed by atoms with Crippen molar-refractivity contribution in [3.05, 3.63) is 51.8 Å². The van der Waals surface area contributed by atoms with Gasteiger partial charge in [-0.15, -0.1) is 5.48 Å². The van der Waals surface area contributed by atoms with Crippen LogP contribution in [0.2, 0.25) is 5.02 Å². The number of hydroxylamine groups is 1. The van der Waals surface area contributed by atoms with Crippen LogP contribution in [-0.2, 0) is 4.84 Å². The van der Waals surface area contributed by atoms with Gasteiger partial charge in [0.15, 0.2) is 0 Å². The lowest BCUT2D eigenvalue weighted by molar-refractivity contribution is 0.0781. The number of aromatic nitrogens is 2. The number of carbonyl (C=O) groups excluding carboxylic acids is 1. The fraction of sp³-hybridized carbons (Fsp3) is 0.455.